The van der Waals surface area contributed by atoms with E-state index in [1.165, 1.54) is 0 Å². The van der Waals surface area contributed by atoms with Crippen LogP contribution in [-0.4, -0.2) is 26.1 Å². The van der Waals surface area contributed by atoms with Crippen LogP contribution in [0.2, 0.25) is 10.0 Å². The van der Waals surface area contributed by atoms with Gasteiger partial charge in [0.1, 0.15) is 5.82 Å². The molecule has 132 valence electrons. The van der Waals surface area contributed by atoms with Crippen molar-refractivity contribution in [2.24, 2.45) is 0 Å². The zero-order chi connectivity index (χ0) is 18.1. The monoisotopic (exact) mass is 387 g/mol. The van der Waals surface area contributed by atoms with Gasteiger partial charge in [-0.3, -0.25) is 4.98 Å². The van der Waals surface area contributed by atoms with Crippen LogP contribution >= 0.6 is 23.2 Å². The summed E-state index contributed by atoms with van der Waals surface area (Å²) in [6, 6.07) is 11.0. The number of benzene rings is 1. The molecule has 8 heteroatoms. The smallest absolute Gasteiger partial charge is 0.225 e. The van der Waals surface area contributed by atoms with Crippen molar-refractivity contribution in [3.63, 3.8) is 0 Å². The van der Waals surface area contributed by atoms with Gasteiger partial charge in [0, 0.05) is 24.0 Å². The number of pyridine rings is 1. The fourth-order valence-electron chi connectivity index (χ4n) is 2.42. The van der Waals surface area contributed by atoms with E-state index in [1.807, 2.05) is 18.2 Å². The molecule has 3 aromatic rings. The first-order valence-electron chi connectivity index (χ1n) is 8.10. The fraction of sp³-hybridized carbons (Fsp3) is 0.167. The summed E-state index contributed by atoms with van der Waals surface area (Å²) in [4.78, 5) is 13.4. The molecule has 2 heterocycles. The number of anilines is 3. The number of aromatic hydroxyl groups is 1. The third kappa shape index (κ3) is 3.81. The molecule has 0 radical (unpaired) electrons. The van der Waals surface area contributed by atoms with Crippen LogP contribution in [0.1, 0.15) is 12.8 Å². The van der Waals surface area contributed by atoms with Crippen molar-refractivity contribution in [3.05, 3.63) is 52.6 Å². The second kappa shape index (κ2) is 6.97. The molecule has 4 rings (SSSR count). The van der Waals surface area contributed by atoms with Gasteiger partial charge < -0.3 is 15.7 Å². The van der Waals surface area contributed by atoms with Crippen molar-refractivity contribution in [3.8, 4) is 17.1 Å². The molecular weight excluding hydrogens is 373 g/mol. The molecule has 2 aromatic heterocycles. The van der Waals surface area contributed by atoms with Crippen LogP contribution in [0.4, 0.5) is 17.5 Å². The standard InChI is InChI=1S/C18H15Cl2N5O/c19-12-7-11(8-13(20)17(12)26)22-16-9-15(14-3-1-2-6-21-14)24-18(25-16)23-10-4-5-10/h1-3,6-10,26H,4-5H2,(H2,22,23,24,25). The SMILES string of the molecule is Oc1c(Cl)cc(Nc2cc(-c3ccccn3)nc(NC3CC3)n2)cc1Cl. The van der Waals surface area contributed by atoms with Gasteiger partial charge in [-0.1, -0.05) is 29.3 Å². The summed E-state index contributed by atoms with van der Waals surface area (Å²) in [5.41, 5.74) is 2.06. The minimum Gasteiger partial charge on any atom is -0.505 e. The highest BCUT2D eigenvalue weighted by Crippen LogP contribution is 2.36. The van der Waals surface area contributed by atoms with Gasteiger partial charge in [0.25, 0.3) is 0 Å². The van der Waals surface area contributed by atoms with Gasteiger partial charge in [-0.05, 0) is 37.1 Å². The Morgan fingerprint density at radius 2 is 1.77 bits per heavy atom. The van der Waals surface area contributed by atoms with Gasteiger partial charge in [0.15, 0.2) is 5.75 Å². The quantitative estimate of drug-likeness (QED) is 0.541. The summed E-state index contributed by atoms with van der Waals surface area (Å²) in [7, 11) is 0. The number of rotatable bonds is 5. The van der Waals surface area contributed by atoms with E-state index in [0.29, 0.717) is 29.2 Å². The Kier molecular flexibility index (Phi) is 4.53. The summed E-state index contributed by atoms with van der Waals surface area (Å²) >= 11 is 12.0. The number of nitrogens with one attached hydrogen (secondary N) is 2. The molecule has 3 N–H and O–H groups in total. The fourth-order valence-corrected chi connectivity index (χ4v) is 2.90. The zero-order valence-electron chi connectivity index (χ0n) is 13.6. The Morgan fingerprint density at radius 3 is 2.42 bits per heavy atom. The largest absolute Gasteiger partial charge is 0.505 e. The third-order valence-electron chi connectivity index (χ3n) is 3.85. The lowest BCUT2D eigenvalue weighted by molar-refractivity contribution is 0.476. The molecule has 0 bridgehead atoms. The number of phenols is 1. The zero-order valence-corrected chi connectivity index (χ0v) is 15.1. The number of hydrogen-bond donors (Lipinski definition) is 3. The summed E-state index contributed by atoms with van der Waals surface area (Å²) in [6.07, 6.45) is 3.95. The Morgan fingerprint density at radius 1 is 1.00 bits per heavy atom. The molecule has 26 heavy (non-hydrogen) atoms. The molecule has 1 saturated carbocycles. The van der Waals surface area contributed by atoms with Crippen molar-refractivity contribution >= 4 is 40.7 Å². The summed E-state index contributed by atoms with van der Waals surface area (Å²) in [6.45, 7) is 0. The van der Waals surface area contributed by atoms with Gasteiger partial charge in [-0.15, -0.1) is 0 Å². The van der Waals surface area contributed by atoms with Crippen molar-refractivity contribution < 1.29 is 5.11 Å². The van der Waals surface area contributed by atoms with Crippen LogP contribution in [0, 0.1) is 0 Å². The predicted octanol–water partition coefficient (Wildman–Crippen LogP) is 4.87. The highest BCUT2D eigenvalue weighted by atomic mass is 35.5. The highest BCUT2D eigenvalue weighted by Gasteiger charge is 2.22. The van der Waals surface area contributed by atoms with Gasteiger partial charge in [-0.2, -0.15) is 4.98 Å². The minimum absolute atomic E-state index is 0.146. The highest BCUT2D eigenvalue weighted by molar-refractivity contribution is 6.37. The van der Waals surface area contributed by atoms with Gasteiger partial charge >= 0.3 is 0 Å². The average molecular weight is 388 g/mol. The van der Waals surface area contributed by atoms with E-state index in [9.17, 15) is 5.11 Å². The second-order valence-corrected chi connectivity index (χ2v) is 6.82. The van der Waals surface area contributed by atoms with E-state index in [0.717, 1.165) is 18.5 Å². The van der Waals surface area contributed by atoms with E-state index in [1.54, 1.807) is 24.4 Å². The number of aromatic nitrogens is 3. The molecule has 0 amide bonds. The third-order valence-corrected chi connectivity index (χ3v) is 4.43. The maximum Gasteiger partial charge on any atom is 0.225 e. The van der Waals surface area contributed by atoms with E-state index in [4.69, 9.17) is 23.2 Å². The van der Waals surface area contributed by atoms with Crippen LogP contribution < -0.4 is 10.6 Å². The van der Waals surface area contributed by atoms with Crippen LogP contribution in [0.15, 0.2) is 42.6 Å². The topological polar surface area (TPSA) is 83.0 Å². The van der Waals surface area contributed by atoms with Crippen LogP contribution in [0.25, 0.3) is 11.4 Å². The number of phenolic OH excluding ortho intramolecular Hbond substituents is 1. The molecular formula is C18H15Cl2N5O. The lowest BCUT2D eigenvalue weighted by Gasteiger charge is -2.12. The molecule has 0 atom stereocenters. The predicted molar refractivity (Wildman–Crippen MR) is 103 cm³/mol. The first kappa shape index (κ1) is 16.9. The maximum atomic E-state index is 9.70. The molecule has 1 aliphatic rings. The second-order valence-electron chi connectivity index (χ2n) is 6.01. The lowest BCUT2D eigenvalue weighted by atomic mass is 10.2. The maximum absolute atomic E-state index is 9.70. The van der Waals surface area contributed by atoms with Crippen LogP contribution in [-0.2, 0) is 0 Å². The van der Waals surface area contributed by atoms with E-state index >= 15 is 0 Å². The van der Waals surface area contributed by atoms with Gasteiger partial charge in [-0.25, -0.2) is 4.98 Å². The molecule has 0 saturated heterocycles. The molecule has 1 fully saturated rings. The Hall–Kier alpha value is -2.57. The van der Waals surface area contributed by atoms with Crippen LogP contribution in [0.3, 0.4) is 0 Å². The first-order valence-corrected chi connectivity index (χ1v) is 8.86. The summed E-state index contributed by atoms with van der Waals surface area (Å²) in [5.74, 6) is 0.961. The van der Waals surface area contributed by atoms with Crippen molar-refractivity contribution in [2.45, 2.75) is 18.9 Å². The van der Waals surface area contributed by atoms with E-state index in [-0.39, 0.29) is 15.8 Å². The molecule has 1 aliphatic carbocycles. The Bertz CT molecular complexity index is 925. The van der Waals surface area contributed by atoms with E-state index in [2.05, 4.69) is 25.6 Å². The minimum atomic E-state index is -0.146. The van der Waals surface area contributed by atoms with Gasteiger partial charge in [0.2, 0.25) is 5.95 Å². The van der Waals surface area contributed by atoms with Gasteiger partial charge in [0.05, 0.1) is 21.4 Å². The molecule has 0 spiro atoms. The van der Waals surface area contributed by atoms with Crippen LogP contribution in [0.5, 0.6) is 5.75 Å². The summed E-state index contributed by atoms with van der Waals surface area (Å²) in [5, 5.41) is 16.5. The van der Waals surface area contributed by atoms with Crippen molar-refractivity contribution in [2.75, 3.05) is 10.6 Å². The molecule has 0 unspecified atom stereocenters. The lowest BCUT2D eigenvalue weighted by Crippen LogP contribution is -2.08. The number of halogens is 2. The number of nitrogens with zero attached hydrogens (tertiary/aromatic N) is 3. The Labute approximate surface area is 160 Å². The molecule has 1 aromatic carbocycles. The summed E-state index contributed by atoms with van der Waals surface area (Å²) < 4.78 is 0. The Balaban J connectivity index is 1.70. The number of hydrogen-bond acceptors (Lipinski definition) is 6. The first-order chi connectivity index (χ1) is 12.6. The molecule has 0 aliphatic heterocycles. The molecule has 6 nitrogen and oxygen atoms in total. The normalized spacial score (nSPS) is 13.5. The van der Waals surface area contributed by atoms with Crippen molar-refractivity contribution in [1.82, 2.24) is 15.0 Å². The van der Waals surface area contributed by atoms with E-state index < -0.39 is 0 Å². The van der Waals surface area contributed by atoms with Crippen molar-refractivity contribution in [1.29, 1.82) is 0 Å². The average Bonchev–Trinajstić information content (AvgIpc) is 3.44.